The second-order valence-electron chi connectivity index (χ2n) is 7.29. The van der Waals surface area contributed by atoms with Crippen LogP contribution in [0.25, 0.3) is 5.82 Å². The maximum atomic E-state index is 12.6. The molecule has 0 bridgehead atoms. The summed E-state index contributed by atoms with van der Waals surface area (Å²) in [5, 5.41) is 9.27. The average Bonchev–Trinajstić information content (AvgIpc) is 3.27. The molecule has 0 radical (unpaired) electrons. The molecular formula is C21H22ClN5O2. The molecule has 3 aromatic rings. The minimum absolute atomic E-state index is 0.123. The van der Waals surface area contributed by atoms with Crippen molar-refractivity contribution in [3.63, 3.8) is 0 Å². The molecule has 7 nitrogen and oxygen atoms in total. The molecule has 0 N–H and O–H groups in total. The molecule has 0 spiro atoms. The normalized spacial score (nSPS) is 14.9. The topological polar surface area (TPSA) is 73.0 Å². The van der Waals surface area contributed by atoms with E-state index in [-0.39, 0.29) is 11.5 Å². The highest BCUT2D eigenvalue weighted by molar-refractivity contribution is 6.30. The predicted molar refractivity (Wildman–Crippen MR) is 110 cm³/mol. The number of carbonyl (C=O) groups is 1. The van der Waals surface area contributed by atoms with Crippen LogP contribution in [-0.2, 0) is 17.8 Å². The van der Waals surface area contributed by atoms with E-state index in [1.807, 2.05) is 23.1 Å². The summed E-state index contributed by atoms with van der Waals surface area (Å²) in [5.41, 5.74) is 0.842. The first-order valence-electron chi connectivity index (χ1n) is 9.69. The highest BCUT2D eigenvalue weighted by Crippen LogP contribution is 2.20. The molecular weight excluding hydrogens is 390 g/mol. The van der Waals surface area contributed by atoms with Gasteiger partial charge in [0, 0.05) is 43.1 Å². The van der Waals surface area contributed by atoms with Crippen LogP contribution in [0, 0.1) is 5.92 Å². The lowest BCUT2D eigenvalue weighted by molar-refractivity contribution is -0.131. The number of likely N-dealkylation sites (tertiary alicyclic amines) is 1. The minimum Gasteiger partial charge on any atom is -0.342 e. The summed E-state index contributed by atoms with van der Waals surface area (Å²) in [6, 6.07) is 12.4. The maximum Gasteiger partial charge on any atom is 0.266 e. The Morgan fingerprint density at radius 2 is 1.86 bits per heavy atom. The molecule has 0 aliphatic carbocycles. The van der Waals surface area contributed by atoms with Gasteiger partial charge in [-0.3, -0.25) is 9.59 Å². The van der Waals surface area contributed by atoms with Crippen molar-refractivity contribution in [2.24, 2.45) is 5.92 Å². The molecule has 150 valence electrons. The first-order chi connectivity index (χ1) is 14.1. The van der Waals surface area contributed by atoms with Gasteiger partial charge in [0.2, 0.25) is 5.91 Å². The molecule has 1 aromatic carbocycles. The number of benzene rings is 1. The number of rotatable bonds is 5. The van der Waals surface area contributed by atoms with Gasteiger partial charge in [0.1, 0.15) is 0 Å². The number of hydrogen-bond acceptors (Lipinski definition) is 4. The molecule has 1 aliphatic heterocycles. The number of hydrogen-bond donors (Lipinski definition) is 0. The highest BCUT2D eigenvalue weighted by Gasteiger charge is 2.23. The maximum absolute atomic E-state index is 12.6. The van der Waals surface area contributed by atoms with Crippen LogP contribution < -0.4 is 5.56 Å². The SMILES string of the molecule is O=C(Cc1ccc(Cl)cc1)N1CCC(Cn2nc(-n3cccn3)ccc2=O)CC1. The van der Waals surface area contributed by atoms with Crippen LogP contribution in [0.15, 0.2) is 59.7 Å². The Morgan fingerprint density at radius 3 is 2.55 bits per heavy atom. The van der Waals surface area contributed by atoms with Crippen molar-refractivity contribution < 1.29 is 4.79 Å². The second kappa shape index (κ2) is 8.61. The Labute approximate surface area is 173 Å². The zero-order chi connectivity index (χ0) is 20.2. The molecule has 4 rings (SSSR count). The first-order valence-corrected chi connectivity index (χ1v) is 10.1. The monoisotopic (exact) mass is 411 g/mol. The van der Waals surface area contributed by atoms with Crippen LogP contribution in [0.5, 0.6) is 0 Å². The van der Waals surface area contributed by atoms with Gasteiger partial charge in [0.15, 0.2) is 5.82 Å². The van der Waals surface area contributed by atoms with Crippen molar-refractivity contribution in [2.45, 2.75) is 25.8 Å². The minimum atomic E-state index is -0.123. The highest BCUT2D eigenvalue weighted by atomic mass is 35.5. The summed E-state index contributed by atoms with van der Waals surface area (Å²) in [6.45, 7) is 1.95. The molecule has 1 amide bonds. The zero-order valence-corrected chi connectivity index (χ0v) is 16.7. The van der Waals surface area contributed by atoms with Crippen LogP contribution in [0.4, 0.5) is 0 Å². The lowest BCUT2D eigenvalue weighted by Gasteiger charge is -2.32. The third-order valence-corrected chi connectivity index (χ3v) is 5.51. The fourth-order valence-corrected chi connectivity index (χ4v) is 3.72. The van der Waals surface area contributed by atoms with E-state index < -0.39 is 0 Å². The molecule has 8 heteroatoms. The molecule has 0 atom stereocenters. The summed E-state index contributed by atoms with van der Waals surface area (Å²) in [6.07, 6.45) is 5.56. The number of carbonyl (C=O) groups excluding carboxylic acids is 1. The molecule has 1 aliphatic rings. The van der Waals surface area contributed by atoms with Crippen molar-refractivity contribution in [2.75, 3.05) is 13.1 Å². The van der Waals surface area contributed by atoms with E-state index in [0.717, 1.165) is 18.4 Å². The van der Waals surface area contributed by atoms with E-state index in [9.17, 15) is 9.59 Å². The Morgan fingerprint density at radius 1 is 1.10 bits per heavy atom. The Bertz CT molecular complexity index is 1020. The van der Waals surface area contributed by atoms with E-state index in [1.54, 1.807) is 35.3 Å². The van der Waals surface area contributed by atoms with Crippen LogP contribution in [0.2, 0.25) is 5.02 Å². The third-order valence-electron chi connectivity index (χ3n) is 5.26. The van der Waals surface area contributed by atoms with Gasteiger partial charge in [-0.2, -0.15) is 5.10 Å². The summed E-state index contributed by atoms with van der Waals surface area (Å²) in [7, 11) is 0. The van der Waals surface area contributed by atoms with Gasteiger partial charge in [-0.25, -0.2) is 9.36 Å². The molecule has 29 heavy (non-hydrogen) atoms. The van der Waals surface area contributed by atoms with Gasteiger partial charge in [-0.1, -0.05) is 23.7 Å². The third kappa shape index (κ3) is 4.74. The van der Waals surface area contributed by atoms with E-state index in [0.29, 0.717) is 42.8 Å². The Balaban J connectivity index is 1.34. The molecule has 0 saturated carbocycles. The van der Waals surface area contributed by atoms with E-state index in [4.69, 9.17) is 11.6 Å². The summed E-state index contributed by atoms with van der Waals surface area (Å²) in [5.74, 6) is 1.06. The average molecular weight is 412 g/mol. The number of piperidine rings is 1. The molecule has 1 saturated heterocycles. The largest absolute Gasteiger partial charge is 0.342 e. The van der Waals surface area contributed by atoms with Crippen molar-refractivity contribution in [3.8, 4) is 5.82 Å². The van der Waals surface area contributed by atoms with Gasteiger partial charge in [-0.05, 0) is 48.6 Å². The number of amides is 1. The van der Waals surface area contributed by atoms with Gasteiger partial charge in [0.05, 0.1) is 6.42 Å². The van der Waals surface area contributed by atoms with Crippen molar-refractivity contribution in [3.05, 3.63) is 75.8 Å². The van der Waals surface area contributed by atoms with Crippen LogP contribution in [0.3, 0.4) is 0 Å². The first kappa shape index (κ1) is 19.4. The lowest BCUT2D eigenvalue weighted by atomic mass is 9.96. The van der Waals surface area contributed by atoms with Gasteiger partial charge >= 0.3 is 0 Å². The quantitative estimate of drug-likeness (QED) is 0.646. The summed E-state index contributed by atoms with van der Waals surface area (Å²) < 4.78 is 3.14. The second-order valence-corrected chi connectivity index (χ2v) is 7.73. The lowest BCUT2D eigenvalue weighted by Crippen LogP contribution is -2.41. The Hall–Kier alpha value is -2.93. The molecule has 1 fully saturated rings. The van der Waals surface area contributed by atoms with Crippen LogP contribution in [0.1, 0.15) is 18.4 Å². The molecule has 2 aromatic heterocycles. The van der Waals surface area contributed by atoms with E-state index >= 15 is 0 Å². The smallest absolute Gasteiger partial charge is 0.266 e. The number of nitrogens with zero attached hydrogens (tertiary/aromatic N) is 5. The predicted octanol–water partition coefficient (Wildman–Crippen LogP) is 2.56. The van der Waals surface area contributed by atoms with Gasteiger partial charge < -0.3 is 4.90 Å². The van der Waals surface area contributed by atoms with Crippen molar-refractivity contribution >= 4 is 17.5 Å². The standard InChI is InChI=1S/C21H22ClN5O2/c22-18-4-2-16(3-5-18)14-21(29)25-12-8-17(9-13-25)15-27-20(28)7-6-19(24-27)26-11-1-10-23-26/h1-7,10-11,17H,8-9,12-15H2. The van der Waals surface area contributed by atoms with Crippen molar-refractivity contribution in [1.29, 1.82) is 0 Å². The van der Waals surface area contributed by atoms with Crippen LogP contribution >= 0.6 is 11.6 Å². The molecule has 3 heterocycles. The van der Waals surface area contributed by atoms with Crippen molar-refractivity contribution in [1.82, 2.24) is 24.5 Å². The summed E-state index contributed by atoms with van der Waals surface area (Å²) in [4.78, 5) is 26.7. The number of halogens is 1. The zero-order valence-electron chi connectivity index (χ0n) is 15.9. The fraction of sp³-hybridized carbons (Fsp3) is 0.333. The van der Waals surface area contributed by atoms with E-state index in [2.05, 4.69) is 10.2 Å². The van der Waals surface area contributed by atoms with Gasteiger partial charge in [-0.15, -0.1) is 5.10 Å². The van der Waals surface area contributed by atoms with E-state index in [1.165, 1.54) is 10.7 Å². The van der Waals surface area contributed by atoms with Crippen LogP contribution in [-0.4, -0.2) is 43.5 Å². The van der Waals surface area contributed by atoms with Gasteiger partial charge in [0.25, 0.3) is 5.56 Å². The molecule has 0 unspecified atom stereocenters. The summed E-state index contributed by atoms with van der Waals surface area (Å²) >= 11 is 5.90. The fourth-order valence-electron chi connectivity index (χ4n) is 3.59. The Kier molecular flexibility index (Phi) is 5.76. The number of aromatic nitrogens is 4.